The summed E-state index contributed by atoms with van der Waals surface area (Å²) in [6.07, 6.45) is -0.0380. The number of nitrogens with one attached hydrogen (secondary N) is 1. The summed E-state index contributed by atoms with van der Waals surface area (Å²) < 4.78 is 5.23. The lowest BCUT2D eigenvalue weighted by Crippen LogP contribution is -2.28. The van der Waals surface area contributed by atoms with Crippen LogP contribution in [-0.4, -0.2) is 37.0 Å². The summed E-state index contributed by atoms with van der Waals surface area (Å²) in [7, 11) is 0. The zero-order valence-electron chi connectivity index (χ0n) is 7.63. The monoisotopic (exact) mass is 161 g/mol. The van der Waals surface area contributed by atoms with E-state index < -0.39 is 0 Å². The van der Waals surface area contributed by atoms with Gasteiger partial charge in [0, 0.05) is 12.6 Å². The zero-order valence-corrected chi connectivity index (χ0v) is 7.63. The first-order valence-electron chi connectivity index (χ1n) is 4.12. The molecule has 0 aliphatic rings. The molecule has 0 saturated carbocycles. The van der Waals surface area contributed by atoms with Gasteiger partial charge in [-0.2, -0.15) is 0 Å². The van der Waals surface area contributed by atoms with Gasteiger partial charge in [0.2, 0.25) is 0 Å². The molecule has 0 spiro atoms. The van der Waals surface area contributed by atoms with E-state index in [1.54, 1.807) is 0 Å². The van der Waals surface area contributed by atoms with Gasteiger partial charge in [-0.1, -0.05) is 13.8 Å². The lowest BCUT2D eigenvalue weighted by molar-refractivity contribution is 0.0262. The molecule has 3 nitrogen and oxygen atoms in total. The fourth-order valence-corrected chi connectivity index (χ4v) is 0.660. The summed E-state index contributed by atoms with van der Waals surface area (Å²) in [6.45, 7) is 7.66. The van der Waals surface area contributed by atoms with Gasteiger partial charge < -0.3 is 15.2 Å². The molecule has 0 aliphatic carbocycles. The minimum absolute atomic E-state index is 0.0380. The molecular weight excluding hydrogens is 142 g/mol. The fraction of sp³-hybridized carbons (Fsp3) is 1.00. The van der Waals surface area contributed by atoms with Crippen LogP contribution in [-0.2, 0) is 4.74 Å². The molecule has 1 atom stereocenters. The van der Waals surface area contributed by atoms with Crippen molar-refractivity contribution in [1.29, 1.82) is 0 Å². The maximum absolute atomic E-state index is 8.60. The smallest absolute Gasteiger partial charge is 0.0778 e. The van der Waals surface area contributed by atoms with Crippen LogP contribution in [0.2, 0.25) is 0 Å². The highest BCUT2D eigenvalue weighted by Crippen LogP contribution is 1.86. The summed E-state index contributed by atoms with van der Waals surface area (Å²) in [5, 5.41) is 11.8. The number of aliphatic hydroxyl groups is 1. The lowest BCUT2D eigenvalue weighted by atomic mass is 10.4. The van der Waals surface area contributed by atoms with Crippen molar-refractivity contribution in [2.24, 2.45) is 0 Å². The second-order valence-electron chi connectivity index (χ2n) is 2.97. The van der Waals surface area contributed by atoms with E-state index in [2.05, 4.69) is 19.2 Å². The lowest BCUT2D eigenvalue weighted by Gasteiger charge is -2.11. The van der Waals surface area contributed by atoms with Crippen molar-refractivity contribution in [3.8, 4) is 0 Å². The Hall–Kier alpha value is -0.120. The van der Waals surface area contributed by atoms with Gasteiger partial charge in [-0.15, -0.1) is 0 Å². The molecule has 0 aromatic rings. The Balaban J connectivity index is 3.01. The van der Waals surface area contributed by atoms with Crippen LogP contribution in [0.4, 0.5) is 0 Å². The Morgan fingerprint density at radius 2 is 2.00 bits per heavy atom. The molecule has 0 fully saturated rings. The molecule has 0 aromatic carbocycles. The van der Waals surface area contributed by atoms with Crippen molar-refractivity contribution >= 4 is 0 Å². The molecule has 68 valence electrons. The number of hydrogen-bond donors (Lipinski definition) is 2. The van der Waals surface area contributed by atoms with Gasteiger partial charge in [0.25, 0.3) is 0 Å². The number of ether oxygens (including phenoxy) is 1. The standard InChI is InChI=1S/C8H19NO2/c1-7(2)9-4-5-11-8(3)6-10/h7-10H,4-6H2,1-3H3. The first-order chi connectivity index (χ1) is 5.16. The van der Waals surface area contributed by atoms with E-state index in [9.17, 15) is 0 Å². The quantitative estimate of drug-likeness (QED) is 0.553. The van der Waals surface area contributed by atoms with Crippen LogP contribution >= 0.6 is 0 Å². The van der Waals surface area contributed by atoms with Gasteiger partial charge in [-0.25, -0.2) is 0 Å². The molecule has 11 heavy (non-hydrogen) atoms. The first-order valence-corrected chi connectivity index (χ1v) is 4.12. The van der Waals surface area contributed by atoms with Crippen molar-refractivity contribution in [2.45, 2.75) is 32.9 Å². The van der Waals surface area contributed by atoms with Gasteiger partial charge in [-0.05, 0) is 6.92 Å². The SMILES string of the molecule is CC(C)NCCOC(C)CO. The van der Waals surface area contributed by atoms with Crippen LogP contribution < -0.4 is 5.32 Å². The highest BCUT2D eigenvalue weighted by atomic mass is 16.5. The van der Waals surface area contributed by atoms with E-state index in [0.29, 0.717) is 12.6 Å². The number of hydrogen-bond acceptors (Lipinski definition) is 3. The van der Waals surface area contributed by atoms with Crippen LogP contribution in [0.1, 0.15) is 20.8 Å². The Morgan fingerprint density at radius 3 is 2.45 bits per heavy atom. The predicted molar refractivity (Wildman–Crippen MR) is 45.6 cm³/mol. The Kier molecular flexibility index (Phi) is 6.51. The van der Waals surface area contributed by atoms with E-state index in [1.165, 1.54) is 0 Å². The second-order valence-corrected chi connectivity index (χ2v) is 2.97. The topological polar surface area (TPSA) is 41.5 Å². The zero-order chi connectivity index (χ0) is 8.69. The molecule has 0 radical (unpaired) electrons. The summed E-state index contributed by atoms with van der Waals surface area (Å²) in [5.41, 5.74) is 0. The summed E-state index contributed by atoms with van der Waals surface area (Å²) in [4.78, 5) is 0. The fourth-order valence-electron chi connectivity index (χ4n) is 0.660. The average molecular weight is 161 g/mol. The van der Waals surface area contributed by atoms with Gasteiger partial charge in [-0.3, -0.25) is 0 Å². The minimum atomic E-state index is -0.0380. The highest BCUT2D eigenvalue weighted by Gasteiger charge is 1.98. The average Bonchev–Trinajstić information content (AvgIpc) is 1.97. The van der Waals surface area contributed by atoms with Crippen LogP contribution in [0.5, 0.6) is 0 Å². The van der Waals surface area contributed by atoms with Crippen LogP contribution in [0.25, 0.3) is 0 Å². The van der Waals surface area contributed by atoms with Gasteiger partial charge >= 0.3 is 0 Å². The maximum Gasteiger partial charge on any atom is 0.0778 e. The maximum atomic E-state index is 8.60. The summed E-state index contributed by atoms with van der Waals surface area (Å²) >= 11 is 0. The molecule has 0 heterocycles. The third-order valence-electron chi connectivity index (χ3n) is 1.31. The van der Waals surface area contributed by atoms with Crippen LogP contribution in [0.3, 0.4) is 0 Å². The molecular formula is C8H19NO2. The Bertz CT molecular complexity index is 86.2. The summed E-state index contributed by atoms with van der Waals surface area (Å²) in [5.74, 6) is 0. The van der Waals surface area contributed by atoms with Crippen molar-refractivity contribution in [3.05, 3.63) is 0 Å². The van der Waals surface area contributed by atoms with E-state index >= 15 is 0 Å². The highest BCUT2D eigenvalue weighted by molar-refractivity contribution is 4.52. The molecule has 0 bridgehead atoms. The van der Waals surface area contributed by atoms with E-state index in [-0.39, 0.29) is 12.7 Å². The molecule has 0 saturated heterocycles. The molecule has 0 aliphatic heterocycles. The molecule has 0 aromatic heterocycles. The second kappa shape index (κ2) is 6.58. The van der Waals surface area contributed by atoms with Crippen molar-refractivity contribution < 1.29 is 9.84 Å². The Morgan fingerprint density at radius 1 is 1.36 bits per heavy atom. The largest absolute Gasteiger partial charge is 0.394 e. The normalized spacial score (nSPS) is 13.9. The van der Waals surface area contributed by atoms with Crippen molar-refractivity contribution in [3.63, 3.8) is 0 Å². The molecule has 0 amide bonds. The minimum Gasteiger partial charge on any atom is -0.394 e. The van der Waals surface area contributed by atoms with Crippen LogP contribution in [0.15, 0.2) is 0 Å². The van der Waals surface area contributed by atoms with Crippen LogP contribution in [0, 0.1) is 0 Å². The number of aliphatic hydroxyl groups excluding tert-OH is 1. The molecule has 2 N–H and O–H groups in total. The third kappa shape index (κ3) is 7.78. The third-order valence-corrected chi connectivity index (χ3v) is 1.31. The summed E-state index contributed by atoms with van der Waals surface area (Å²) in [6, 6.07) is 0.503. The van der Waals surface area contributed by atoms with Crippen molar-refractivity contribution in [2.75, 3.05) is 19.8 Å². The van der Waals surface area contributed by atoms with E-state index in [4.69, 9.17) is 9.84 Å². The van der Waals surface area contributed by atoms with Crippen molar-refractivity contribution in [1.82, 2.24) is 5.32 Å². The molecule has 1 unspecified atom stereocenters. The van der Waals surface area contributed by atoms with Gasteiger partial charge in [0.15, 0.2) is 0 Å². The van der Waals surface area contributed by atoms with Gasteiger partial charge in [0.05, 0.1) is 19.3 Å². The Labute approximate surface area is 68.8 Å². The molecule has 0 rings (SSSR count). The van der Waals surface area contributed by atoms with Gasteiger partial charge in [0.1, 0.15) is 0 Å². The van der Waals surface area contributed by atoms with E-state index in [1.807, 2.05) is 6.92 Å². The van der Waals surface area contributed by atoms with E-state index in [0.717, 1.165) is 6.54 Å². The number of rotatable bonds is 6. The first kappa shape index (κ1) is 10.9. The predicted octanol–water partition coefficient (Wildman–Crippen LogP) is 0.382. The molecule has 3 heteroatoms.